The number of nitrogens with one attached hydrogen (secondary N) is 1. The number of amides is 2. The predicted molar refractivity (Wildman–Crippen MR) is 103 cm³/mol. The van der Waals surface area contributed by atoms with Gasteiger partial charge in [-0.05, 0) is 44.9 Å². The zero-order valence-corrected chi connectivity index (χ0v) is 16.0. The number of fused-ring (bicyclic) bond motifs is 1. The molecule has 3 rings (SSSR count). The Morgan fingerprint density at radius 3 is 2.81 bits per heavy atom. The van der Waals surface area contributed by atoms with Crippen LogP contribution in [0.1, 0.15) is 43.6 Å². The molecule has 6 nitrogen and oxygen atoms in total. The van der Waals surface area contributed by atoms with Gasteiger partial charge in [-0.15, -0.1) is 0 Å². The van der Waals surface area contributed by atoms with Gasteiger partial charge in [0.15, 0.2) is 0 Å². The lowest BCUT2D eigenvalue weighted by atomic mass is 10.2. The summed E-state index contributed by atoms with van der Waals surface area (Å²) >= 11 is 0. The summed E-state index contributed by atoms with van der Waals surface area (Å²) in [4.78, 5) is 26.8. The first-order valence-electron chi connectivity index (χ1n) is 9.38. The number of ether oxygens (including phenoxy) is 1. The summed E-state index contributed by atoms with van der Waals surface area (Å²) in [6, 6.07) is 4.40. The molecule has 0 saturated carbocycles. The zero-order chi connectivity index (χ0) is 19.6. The highest BCUT2D eigenvalue weighted by atomic mass is 19.1. The summed E-state index contributed by atoms with van der Waals surface area (Å²) in [5, 5.41) is 3.48. The van der Waals surface area contributed by atoms with E-state index < -0.39 is 5.82 Å². The molecule has 1 aliphatic rings. The lowest BCUT2D eigenvalue weighted by molar-refractivity contribution is -0.117. The van der Waals surface area contributed by atoms with Crippen LogP contribution in [0.2, 0.25) is 0 Å². The smallest absolute Gasteiger partial charge is 0.270 e. The summed E-state index contributed by atoms with van der Waals surface area (Å²) in [5.41, 5.74) is 1.61. The van der Waals surface area contributed by atoms with Crippen LogP contribution in [0, 0.1) is 5.82 Å². The number of aryl methyl sites for hydroxylation is 1. The van der Waals surface area contributed by atoms with Gasteiger partial charge in [-0.3, -0.25) is 9.59 Å². The highest BCUT2D eigenvalue weighted by molar-refractivity contribution is 6.14. The van der Waals surface area contributed by atoms with Gasteiger partial charge < -0.3 is 19.5 Å². The van der Waals surface area contributed by atoms with Crippen molar-refractivity contribution in [2.75, 3.05) is 24.6 Å². The SMILES string of the molecule is CC(C)OCCCNC(=O)c1c(N2CCCC2=O)c2cc(F)ccc2n1C. The van der Waals surface area contributed by atoms with Crippen molar-refractivity contribution in [2.24, 2.45) is 7.05 Å². The van der Waals surface area contributed by atoms with Gasteiger partial charge in [0, 0.05) is 38.6 Å². The highest BCUT2D eigenvalue weighted by Gasteiger charge is 2.31. The maximum atomic E-state index is 13.9. The molecular weight excluding hydrogens is 349 g/mol. The fraction of sp³-hybridized carbons (Fsp3) is 0.500. The minimum Gasteiger partial charge on any atom is -0.379 e. The maximum Gasteiger partial charge on any atom is 0.270 e. The molecule has 2 heterocycles. The Morgan fingerprint density at radius 1 is 1.37 bits per heavy atom. The molecule has 0 radical (unpaired) electrons. The second-order valence-corrected chi connectivity index (χ2v) is 7.10. The summed E-state index contributed by atoms with van der Waals surface area (Å²) in [6.07, 6.45) is 2.03. The monoisotopic (exact) mass is 375 g/mol. The van der Waals surface area contributed by atoms with E-state index in [0.29, 0.717) is 49.3 Å². The second kappa shape index (κ2) is 8.08. The molecule has 0 spiro atoms. The average molecular weight is 375 g/mol. The van der Waals surface area contributed by atoms with Gasteiger partial charge in [0.2, 0.25) is 5.91 Å². The van der Waals surface area contributed by atoms with Gasteiger partial charge in [-0.2, -0.15) is 0 Å². The van der Waals surface area contributed by atoms with E-state index in [0.717, 1.165) is 11.9 Å². The third-order valence-corrected chi connectivity index (χ3v) is 4.75. The fourth-order valence-electron chi connectivity index (χ4n) is 3.49. The van der Waals surface area contributed by atoms with Gasteiger partial charge >= 0.3 is 0 Å². The van der Waals surface area contributed by atoms with Gasteiger partial charge in [0.05, 0.1) is 17.3 Å². The maximum absolute atomic E-state index is 13.9. The third kappa shape index (κ3) is 3.98. The molecule has 0 unspecified atom stereocenters. The van der Waals surface area contributed by atoms with E-state index in [1.165, 1.54) is 12.1 Å². The number of rotatable bonds is 7. The first-order valence-corrected chi connectivity index (χ1v) is 9.38. The Balaban J connectivity index is 1.90. The van der Waals surface area contributed by atoms with Crippen LogP contribution in [0.4, 0.5) is 10.1 Å². The molecule has 27 heavy (non-hydrogen) atoms. The summed E-state index contributed by atoms with van der Waals surface area (Å²) in [5.74, 6) is -0.696. The van der Waals surface area contributed by atoms with E-state index in [1.807, 2.05) is 13.8 Å². The van der Waals surface area contributed by atoms with E-state index >= 15 is 0 Å². The molecule has 7 heteroatoms. The largest absolute Gasteiger partial charge is 0.379 e. The topological polar surface area (TPSA) is 63.6 Å². The van der Waals surface area contributed by atoms with Crippen molar-refractivity contribution in [3.8, 4) is 0 Å². The predicted octanol–water partition coefficient (Wildman–Crippen LogP) is 2.99. The van der Waals surface area contributed by atoms with Crippen LogP contribution in [0.5, 0.6) is 0 Å². The molecule has 1 saturated heterocycles. The molecule has 1 aromatic heterocycles. The molecule has 1 N–H and O–H groups in total. The summed E-state index contributed by atoms with van der Waals surface area (Å²) in [6.45, 7) is 5.50. The molecule has 1 aromatic carbocycles. The van der Waals surface area contributed by atoms with Crippen LogP contribution in [-0.2, 0) is 16.6 Å². The summed E-state index contributed by atoms with van der Waals surface area (Å²) < 4.78 is 21.1. The number of carbonyl (C=O) groups excluding carboxylic acids is 2. The minimum absolute atomic E-state index is 0.0360. The minimum atomic E-state index is -0.390. The van der Waals surface area contributed by atoms with Crippen LogP contribution < -0.4 is 10.2 Å². The van der Waals surface area contributed by atoms with E-state index in [2.05, 4.69) is 5.32 Å². The first kappa shape index (κ1) is 19.4. The van der Waals surface area contributed by atoms with Crippen molar-refractivity contribution < 1.29 is 18.7 Å². The number of carbonyl (C=O) groups is 2. The van der Waals surface area contributed by atoms with Crippen molar-refractivity contribution in [2.45, 2.75) is 39.2 Å². The Morgan fingerprint density at radius 2 is 2.15 bits per heavy atom. The molecule has 1 fully saturated rings. The van der Waals surface area contributed by atoms with Crippen molar-refractivity contribution in [1.29, 1.82) is 0 Å². The van der Waals surface area contributed by atoms with Crippen LogP contribution >= 0.6 is 0 Å². The van der Waals surface area contributed by atoms with E-state index in [1.54, 1.807) is 22.6 Å². The number of benzene rings is 1. The van der Waals surface area contributed by atoms with Gasteiger partial charge in [-0.25, -0.2) is 4.39 Å². The van der Waals surface area contributed by atoms with E-state index in [4.69, 9.17) is 4.74 Å². The molecule has 1 aliphatic heterocycles. The van der Waals surface area contributed by atoms with Gasteiger partial charge in [0.25, 0.3) is 5.91 Å². The van der Waals surface area contributed by atoms with E-state index in [9.17, 15) is 14.0 Å². The standard InChI is InChI=1S/C20H26FN3O3/c1-13(2)27-11-5-9-22-20(26)19-18(24-10-4-6-17(24)25)15-12-14(21)7-8-16(15)23(19)3/h7-8,12-13H,4-6,9-11H2,1-3H3,(H,22,26). The van der Waals surface area contributed by atoms with Crippen LogP contribution in [0.25, 0.3) is 10.9 Å². The van der Waals surface area contributed by atoms with Crippen LogP contribution in [0.3, 0.4) is 0 Å². The Labute approximate surface area is 158 Å². The number of anilines is 1. The summed E-state index contributed by atoms with van der Waals surface area (Å²) in [7, 11) is 1.76. The molecule has 0 atom stereocenters. The van der Waals surface area contributed by atoms with Crippen molar-refractivity contribution in [3.63, 3.8) is 0 Å². The molecule has 146 valence electrons. The van der Waals surface area contributed by atoms with Crippen molar-refractivity contribution in [1.82, 2.24) is 9.88 Å². The number of nitrogens with zero attached hydrogens (tertiary/aromatic N) is 2. The number of hydrogen-bond acceptors (Lipinski definition) is 3. The molecular formula is C20H26FN3O3. The lowest BCUT2D eigenvalue weighted by Crippen LogP contribution is -2.31. The Hall–Kier alpha value is -2.41. The quantitative estimate of drug-likeness (QED) is 0.757. The van der Waals surface area contributed by atoms with Gasteiger partial charge in [-0.1, -0.05) is 0 Å². The lowest BCUT2D eigenvalue weighted by Gasteiger charge is -2.18. The molecule has 2 amide bonds. The first-order chi connectivity index (χ1) is 12.9. The second-order valence-electron chi connectivity index (χ2n) is 7.10. The fourth-order valence-corrected chi connectivity index (χ4v) is 3.49. The number of aromatic nitrogens is 1. The zero-order valence-electron chi connectivity index (χ0n) is 16.0. The molecule has 2 aromatic rings. The normalized spacial score (nSPS) is 14.6. The highest BCUT2D eigenvalue weighted by Crippen LogP contribution is 2.36. The Kier molecular flexibility index (Phi) is 5.79. The third-order valence-electron chi connectivity index (χ3n) is 4.75. The number of hydrogen-bond donors (Lipinski definition) is 1. The van der Waals surface area contributed by atoms with Crippen LogP contribution in [-0.4, -0.2) is 42.2 Å². The van der Waals surface area contributed by atoms with Crippen LogP contribution in [0.15, 0.2) is 18.2 Å². The van der Waals surface area contributed by atoms with E-state index in [-0.39, 0.29) is 17.9 Å². The molecule has 0 bridgehead atoms. The average Bonchev–Trinajstić information content (AvgIpc) is 3.14. The van der Waals surface area contributed by atoms with Crippen molar-refractivity contribution >= 4 is 28.4 Å². The Bertz CT molecular complexity index is 860. The van der Waals surface area contributed by atoms with Crippen molar-refractivity contribution in [3.05, 3.63) is 29.7 Å². The molecule has 0 aliphatic carbocycles. The number of halogens is 1. The van der Waals surface area contributed by atoms with Gasteiger partial charge in [0.1, 0.15) is 11.5 Å².